The van der Waals surface area contributed by atoms with E-state index < -0.39 is 5.54 Å². The van der Waals surface area contributed by atoms with Crippen LogP contribution < -0.4 is 5.32 Å². The number of halogens is 1. The molecule has 1 heterocycles. The number of rotatable bonds is 7. The van der Waals surface area contributed by atoms with E-state index in [1.807, 2.05) is 26.0 Å². The number of pyridine rings is 1. The topological polar surface area (TPSA) is 51.2 Å². The Morgan fingerprint density at radius 2 is 2.37 bits per heavy atom. The van der Waals surface area contributed by atoms with E-state index in [-0.39, 0.29) is 5.97 Å². The van der Waals surface area contributed by atoms with Crippen molar-refractivity contribution >= 4 is 33.7 Å². The molecule has 1 aromatic heterocycles. The van der Waals surface area contributed by atoms with E-state index in [0.29, 0.717) is 6.42 Å². The smallest absolute Gasteiger partial charge is 0.325 e. The number of thioether (sulfide) groups is 1. The van der Waals surface area contributed by atoms with Crippen LogP contribution in [0.2, 0.25) is 0 Å². The Morgan fingerprint density at radius 3 is 2.95 bits per heavy atom. The molecule has 0 bridgehead atoms. The van der Waals surface area contributed by atoms with Gasteiger partial charge in [-0.25, -0.2) is 4.98 Å². The minimum absolute atomic E-state index is 0.227. The van der Waals surface area contributed by atoms with E-state index in [1.165, 1.54) is 7.11 Å². The van der Waals surface area contributed by atoms with Gasteiger partial charge in [0.1, 0.15) is 10.6 Å². The molecule has 106 valence electrons. The van der Waals surface area contributed by atoms with Crippen LogP contribution in [0.1, 0.15) is 20.3 Å². The van der Waals surface area contributed by atoms with E-state index >= 15 is 0 Å². The van der Waals surface area contributed by atoms with Gasteiger partial charge in [-0.2, -0.15) is 0 Å². The van der Waals surface area contributed by atoms with E-state index in [0.717, 1.165) is 21.8 Å². The first-order valence-electron chi connectivity index (χ1n) is 6.10. The summed E-state index contributed by atoms with van der Waals surface area (Å²) in [5, 5.41) is 4.13. The number of aromatic nitrogens is 1. The summed E-state index contributed by atoms with van der Waals surface area (Å²) in [6.07, 6.45) is 2.44. The van der Waals surface area contributed by atoms with Crippen LogP contribution in [0.4, 0.5) is 0 Å². The molecule has 0 aliphatic heterocycles. The van der Waals surface area contributed by atoms with Gasteiger partial charge in [0.25, 0.3) is 0 Å². The lowest BCUT2D eigenvalue weighted by molar-refractivity contribution is -0.147. The summed E-state index contributed by atoms with van der Waals surface area (Å²) in [4.78, 5) is 16.1. The fraction of sp³-hybridized carbons (Fsp3) is 0.538. The molecule has 6 heteroatoms. The SMILES string of the molecule is CCNC(C)(CCSc1ncccc1Br)C(=O)OC. The van der Waals surface area contributed by atoms with Crippen molar-refractivity contribution in [3.63, 3.8) is 0 Å². The van der Waals surface area contributed by atoms with Crippen LogP contribution in [0, 0.1) is 0 Å². The lowest BCUT2D eigenvalue weighted by atomic mass is 9.99. The molecule has 19 heavy (non-hydrogen) atoms. The molecule has 1 N–H and O–H groups in total. The van der Waals surface area contributed by atoms with Crippen LogP contribution in [-0.4, -0.2) is 35.9 Å². The third-order valence-electron chi connectivity index (χ3n) is 2.77. The summed E-state index contributed by atoms with van der Waals surface area (Å²) in [7, 11) is 1.42. The molecule has 0 aliphatic carbocycles. The molecule has 1 rings (SSSR count). The minimum Gasteiger partial charge on any atom is -0.468 e. The maximum Gasteiger partial charge on any atom is 0.325 e. The quantitative estimate of drug-likeness (QED) is 0.607. The van der Waals surface area contributed by atoms with Gasteiger partial charge in [-0.15, -0.1) is 11.8 Å². The zero-order chi connectivity index (χ0) is 14.3. The molecule has 1 unspecified atom stereocenters. The van der Waals surface area contributed by atoms with Crippen molar-refractivity contribution < 1.29 is 9.53 Å². The highest BCUT2D eigenvalue weighted by atomic mass is 79.9. The number of nitrogens with zero attached hydrogens (tertiary/aromatic N) is 1. The van der Waals surface area contributed by atoms with Crippen molar-refractivity contribution in [1.29, 1.82) is 0 Å². The molecule has 0 saturated heterocycles. The molecule has 0 spiro atoms. The van der Waals surface area contributed by atoms with Crippen LogP contribution in [-0.2, 0) is 9.53 Å². The first-order chi connectivity index (χ1) is 9.03. The zero-order valence-corrected chi connectivity index (χ0v) is 13.8. The van der Waals surface area contributed by atoms with Crippen LogP contribution in [0.5, 0.6) is 0 Å². The maximum absolute atomic E-state index is 11.8. The molecule has 0 saturated carbocycles. The molecule has 0 aliphatic rings. The first kappa shape index (κ1) is 16.5. The van der Waals surface area contributed by atoms with E-state index in [9.17, 15) is 4.79 Å². The van der Waals surface area contributed by atoms with Crippen molar-refractivity contribution in [2.75, 3.05) is 19.4 Å². The Kier molecular flexibility index (Phi) is 6.82. The maximum atomic E-state index is 11.8. The number of carbonyl (C=O) groups is 1. The van der Waals surface area contributed by atoms with Gasteiger partial charge in [0.05, 0.1) is 7.11 Å². The van der Waals surface area contributed by atoms with Crippen molar-refractivity contribution in [3.8, 4) is 0 Å². The highest BCUT2D eigenvalue weighted by molar-refractivity contribution is 9.10. The number of ether oxygens (including phenoxy) is 1. The summed E-state index contributed by atoms with van der Waals surface area (Å²) in [5.41, 5.74) is -0.641. The second-order valence-corrected chi connectivity index (χ2v) is 6.18. The zero-order valence-electron chi connectivity index (χ0n) is 11.4. The molecular weight excluding hydrogens is 328 g/mol. The number of likely N-dealkylation sites (N-methyl/N-ethyl adjacent to an activating group) is 1. The Morgan fingerprint density at radius 1 is 1.63 bits per heavy atom. The van der Waals surface area contributed by atoms with E-state index in [4.69, 9.17) is 4.74 Å². The molecule has 0 fully saturated rings. The average molecular weight is 347 g/mol. The average Bonchev–Trinajstić information content (AvgIpc) is 2.40. The number of methoxy groups -OCH3 is 1. The fourth-order valence-electron chi connectivity index (χ4n) is 1.71. The minimum atomic E-state index is -0.641. The molecular formula is C13H19BrN2O2S. The van der Waals surface area contributed by atoms with Crippen LogP contribution in [0.25, 0.3) is 0 Å². The predicted octanol–water partition coefficient (Wildman–Crippen LogP) is 2.87. The summed E-state index contributed by atoms with van der Waals surface area (Å²) in [6, 6.07) is 3.84. The van der Waals surface area contributed by atoms with Crippen molar-refractivity contribution in [1.82, 2.24) is 10.3 Å². The third-order valence-corrected chi connectivity index (χ3v) is 4.68. The second-order valence-electron chi connectivity index (χ2n) is 4.24. The molecule has 0 aromatic carbocycles. The van der Waals surface area contributed by atoms with Gasteiger partial charge in [-0.3, -0.25) is 4.79 Å². The highest BCUT2D eigenvalue weighted by Crippen LogP contribution is 2.27. The molecule has 0 radical (unpaired) electrons. The van der Waals surface area contributed by atoms with Gasteiger partial charge >= 0.3 is 5.97 Å². The summed E-state index contributed by atoms with van der Waals surface area (Å²) in [6.45, 7) is 4.57. The standard InChI is InChI=1S/C13H19BrN2O2S/c1-4-16-13(2,12(17)18-3)7-9-19-11-10(14)6-5-8-15-11/h5-6,8,16H,4,7,9H2,1-3H3. The number of esters is 1. The number of nitrogens with one attached hydrogen (secondary N) is 1. The van der Waals surface area contributed by atoms with Crippen molar-refractivity contribution in [2.24, 2.45) is 0 Å². The monoisotopic (exact) mass is 346 g/mol. The third kappa shape index (κ3) is 4.78. The lowest BCUT2D eigenvalue weighted by Crippen LogP contribution is -2.50. The van der Waals surface area contributed by atoms with Crippen LogP contribution in [0.15, 0.2) is 27.8 Å². The Labute approximate surface area is 126 Å². The Balaban J connectivity index is 2.58. The molecule has 0 amide bonds. The number of hydrogen-bond acceptors (Lipinski definition) is 5. The lowest BCUT2D eigenvalue weighted by Gasteiger charge is -2.27. The molecule has 1 aromatic rings. The normalized spacial score (nSPS) is 13.9. The van der Waals surface area contributed by atoms with Crippen LogP contribution >= 0.6 is 27.7 Å². The van der Waals surface area contributed by atoms with Crippen LogP contribution in [0.3, 0.4) is 0 Å². The largest absolute Gasteiger partial charge is 0.468 e. The molecule has 4 nitrogen and oxygen atoms in total. The van der Waals surface area contributed by atoms with Gasteiger partial charge in [0, 0.05) is 16.4 Å². The van der Waals surface area contributed by atoms with Gasteiger partial charge < -0.3 is 10.1 Å². The summed E-state index contributed by atoms with van der Waals surface area (Å²) in [5.74, 6) is 0.559. The fourth-order valence-corrected chi connectivity index (χ4v) is 3.35. The highest BCUT2D eigenvalue weighted by Gasteiger charge is 2.32. The van der Waals surface area contributed by atoms with Gasteiger partial charge in [-0.1, -0.05) is 6.92 Å². The predicted molar refractivity (Wildman–Crippen MR) is 81.4 cm³/mol. The Bertz CT molecular complexity index is 431. The molecule has 1 atom stereocenters. The van der Waals surface area contributed by atoms with E-state index in [2.05, 4.69) is 26.2 Å². The van der Waals surface area contributed by atoms with Gasteiger partial charge in [0.2, 0.25) is 0 Å². The second kappa shape index (κ2) is 7.87. The van der Waals surface area contributed by atoms with Crippen molar-refractivity contribution in [2.45, 2.75) is 30.8 Å². The Hall–Kier alpha value is -0.590. The number of hydrogen-bond donors (Lipinski definition) is 1. The number of carbonyl (C=O) groups excluding carboxylic acids is 1. The summed E-state index contributed by atoms with van der Waals surface area (Å²) < 4.78 is 5.83. The summed E-state index contributed by atoms with van der Waals surface area (Å²) >= 11 is 5.08. The first-order valence-corrected chi connectivity index (χ1v) is 7.88. The van der Waals surface area contributed by atoms with Gasteiger partial charge in [0.15, 0.2) is 0 Å². The van der Waals surface area contributed by atoms with Crippen molar-refractivity contribution in [3.05, 3.63) is 22.8 Å². The van der Waals surface area contributed by atoms with E-state index in [1.54, 1.807) is 18.0 Å². The van der Waals surface area contributed by atoms with Gasteiger partial charge in [-0.05, 0) is 48.0 Å².